The summed E-state index contributed by atoms with van der Waals surface area (Å²) in [4.78, 5) is 30.4. The number of nitrogens with zero attached hydrogens (tertiary/aromatic N) is 3. The molecule has 1 aromatic heterocycles. The summed E-state index contributed by atoms with van der Waals surface area (Å²) in [6.45, 7) is 5.87. The Morgan fingerprint density at radius 1 is 1.42 bits per heavy atom. The molecule has 1 saturated heterocycles. The van der Waals surface area contributed by atoms with E-state index in [2.05, 4.69) is 15.5 Å². The Morgan fingerprint density at radius 3 is 2.88 bits per heavy atom. The fraction of sp³-hybridized carbons (Fsp3) is 0.412. The van der Waals surface area contributed by atoms with Gasteiger partial charge < -0.3 is 14.6 Å². The van der Waals surface area contributed by atoms with Crippen molar-refractivity contribution in [2.24, 2.45) is 0 Å². The van der Waals surface area contributed by atoms with E-state index in [1.165, 1.54) is 4.90 Å². The molecular formula is C17H19ClN4O4. The summed E-state index contributed by atoms with van der Waals surface area (Å²) in [7, 11) is 0. The number of hydrogen-bond donors (Lipinski definition) is 1. The highest BCUT2D eigenvalue weighted by Crippen LogP contribution is 2.27. The molecule has 1 N–H and O–H groups in total. The highest BCUT2D eigenvalue weighted by atomic mass is 35.5. The van der Waals surface area contributed by atoms with E-state index in [1.54, 1.807) is 45.0 Å². The Bertz CT molecular complexity index is 830. The minimum absolute atomic E-state index is 0.0167. The van der Waals surface area contributed by atoms with Gasteiger partial charge in [0.15, 0.2) is 6.04 Å². The lowest BCUT2D eigenvalue weighted by Crippen LogP contribution is -2.53. The number of carbonyl (C=O) groups excluding carboxylic acids is 2. The second kappa shape index (κ2) is 6.95. The van der Waals surface area contributed by atoms with Crippen LogP contribution in [0, 0.1) is 0 Å². The Balaban J connectivity index is 1.89. The molecule has 0 radical (unpaired) electrons. The van der Waals surface area contributed by atoms with Crippen molar-refractivity contribution in [2.75, 3.05) is 13.1 Å². The standard InChI is InChI=1S/C17H19ClN4O4/c1-17(2,3)25-16(24)22-8-7-19-14(23)12(22)15-20-13(21-26-15)10-5-4-6-11(18)9-10/h4-6,9,12H,7-8H2,1-3H3,(H,19,23). The van der Waals surface area contributed by atoms with Crippen LogP contribution in [0.2, 0.25) is 5.02 Å². The molecule has 1 atom stereocenters. The van der Waals surface area contributed by atoms with E-state index in [0.29, 0.717) is 17.1 Å². The van der Waals surface area contributed by atoms with Crippen LogP contribution in [0.25, 0.3) is 11.4 Å². The van der Waals surface area contributed by atoms with Gasteiger partial charge in [-0.1, -0.05) is 28.9 Å². The fourth-order valence-corrected chi connectivity index (χ4v) is 2.71. The number of carbonyl (C=O) groups is 2. The highest BCUT2D eigenvalue weighted by molar-refractivity contribution is 6.30. The molecule has 8 nitrogen and oxygen atoms in total. The maximum atomic E-state index is 12.5. The van der Waals surface area contributed by atoms with Gasteiger partial charge in [-0.15, -0.1) is 0 Å². The molecule has 2 aromatic rings. The van der Waals surface area contributed by atoms with Gasteiger partial charge in [0, 0.05) is 23.7 Å². The van der Waals surface area contributed by atoms with Crippen molar-refractivity contribution in [3.8, 4) is 11.4 Å². The van der Waals surface area contributed by atoms with Crippen LogP contribution in [0.15, 0.2) is 28.8 Å². The van der Waals surface area contributed by atoms with Crippen LogP contribution in [0.5, 0.6) is 0 Å². The van der Waals surface area contributed by atoms with Gasteiger partial charge in [0.05, 0.1) is 0 Å². The zero-order chi connectivity index (χ0) is 18.9. The summed E-state index contributed by atoms with van der Waals surface area (Å²) < 4.78 is 10.6. The van der Waals surface area contributed by atoms with Crippen molar-refractivity contribution in [3.63, 3.8) is 0 Å². The molecule has 1 aliphatic heterocycles. The number of nitrogens with one attached hydrogen (secondary N) is 1. The van der Waals surface area contributed by atoms with E-state index < -0.39 is 23.6 Å². The second-order valence-corrected chi connectivity index (χ2v) is 7.27. The third-order valence-corrected chi connectivity index (χ3v) is 3.83. The molecule has 9 heteroatoms. The first kappa shape index (κ1) is 18.2. The maximum absolute atomic E-state index is 12.5. The highest BCUT2D eigenvalue weighted by Gasteiger charge is 2.40. The van der Waals surface area contributed by atoms with Gasteiger partial charge in [0.1, 0.15) is 5.60 Å². The number of hydrogen-bond acceptors (Lipinski definition) is 6. The summed E-state index contributed by atoms with van der Waals surface area (Å²) in [5, 5.41) is 7.13. The Labute approximate surface area is 155 Å². The molecule has 0 spiro atoms. The molecule has 1 aromatic carbocycles. The lowest BCUT2D eigenvalue weighted by molar-refractivity contribution is -0.130. The Hall–Kier alpha value is -2.61. The first-order valence-corrected chi connectivity index (χ1v) is 8.49. The van der Waals surface area contributed by atoms with Crippen LogP contribution in [0.3, 0.4) is 0 Å². The van der Waals surface area contributed by atoms with Crippen LogP contribution in [-0.2, 0) is 9.53 Å². The third-order valence-electron chi connectivity index (χ3n) is 3.60. The van der Waals surface area contributed by atoms with Crippen molar-refractivity contribution < 1.29 is 18.8 Å². The lowest BCUT2D eigenvalue weighted by atomic mass is 10.1. The molecule has 1 aliphatic rings. The molecule has 3 rings (SSSR count). The molecule has 26 heavy (non-hydrogen) atoms. The molecule has 1 fully saturated rings. The molecule has 1 unspecified atom stereocenters. The van der Waals surface area contributed by atoms with Gasteiger partial charge in [0.2, 0.25) is 5.82 Å². The number of ether oxygens (including phenoxy) is 1. The van der Waals surface area contributed by atoms with E-state index in [-0.39, 0.29) is 18.3 Å². The number of halogens is 1. The van der Waals surface area contributed by atoms with E-state index in [0.717, 1.165) is 0 Å². The van der Waals surface area contributed by atoms with E-state index in [1.807, 2.05) is 0 Å². The number of amides is 2. The Kier molecular flexibility index (Phi) is 4.86. The van der Waals surface area contributed by atoms with Crippen molar-refractivity contribution in [1.29, 1.82) is 0 Å². The predicted molar refractivity (Wildman–Crippen MR) is 93.4 cm³/mol. The molecule has 2 heterocycles. The van der Waals surface area contributed by atoms with Crippen LogP contribution < -0.4 is 5.32 Å². The van der Waals surface area contributed by atoms with Gasteiger partial charge >= 0.3 is 6.09 Å². The predicted octanol–water partition coefficient (Wildman–Crippen LogP) is 2.80. The largest absolute Gasteiger partial charge is 0.444 e. The monoisotopic (exact) mass is 378 g/mol. The summed E-state index contributed by atoms with van der Waals surface area (Å²) in [6, 6.07) is 5.90. The van der Waals surface area contributed by atoms with E-state index in [9.17, 15) is 9.59 Å². The number of piperazine rings is 1. The summed E-state index contributed by atoms with van der Waals surface area (Å²) in [6.07, 6.45) is -0.611. The average molecular weight is 379 g/mol. The summed E-state index contributed by atoms with van der Waals surface area (Å²) in [5.41, 5.74) is -0.0383. The molecule has 0 bridgehead atoms. The first-order valence-electron chi connectivity index (χ1n) is 8.11. The van der Waals surface area contributed by atoms with Gasteiger partial charge in [-0.05, 0) is 32.9 Å². The molecule has 2 amide bonds. The molecular weight excluding hydrogens is 360 g/mol. The number of benzene rings is 1. The van der Waals surface area contributed by atoms with Gasteiger partial charge in [0.25, 0.3) is 11.8 Å². The van der Waals surface area contributed by atoms with Crippen molar-refractivity contribution in [1.82, 2.24) is 20.4 Å². The van der Waals surface area contributed by atoms with Crippen LogP contribution >= 0.6 is 11.6 Å². The zero-order valence-corrected chi connectivity index (χ0v) is 15.4. The molecule has 0 aliphatic carbocycles. The summed E-state index contributed by atoms with van der Waals surface area (Å²) in [5.74, 6) is -0.101. The number of aromatic nitrogens is 2. The van der Waals surface area contributed by atoms with Crippen LogP contribution in [-0.4, -0.2) is 45.7 Å². The molecule has 138 valence electrons. The van der Waals surface area contributed by atoms with E-state index >= 15 is 0 Å². The minimum Gasteiger partial charge on any atom is -0.444 e. The topological polar surface area (TPSA) is 97.6 Å². The normalized spacial score (nSPS) is 17.8. The molecule has 0 saturated carbocycles. The van der Waals surface area contributed by atoms with Gasteiger partial charge in [-0.2, -0.15) is 4.98 Å². The van der Waals surface area contributed by atoms with Crippen molar-refractivity contribution in [2.45, 2.75) is 32.4 Å². The first-order chi connectivity index (χ1) is 12.2. The average Bonchev–Trinajstić information content (AvgIpc) is 3.02. The smallest absolute Gasteiger partial charge is 0.411 e. The lowest BCUT2D eigenvalue weighted by Gasteiger charge is -2.34. The summed E-state index contributed by atoms with van der Waals surface area (Å²) >= 11 is 5.98. The fourth-order valence-electron chi connectivity index (χ4n) is 2.52. The SMILES string of the molecule is CC(C)(C)OC(=O)N1CCNC(=O)C1c1nc(-c2cccc(Cl)c2)no1. The van der Waals surface area contributed by atoms with Gasteiger partial charge in [-0.3, -0.25) is 9.69 Å². The quantitative estimate of drug-likeness (QED) is 0.862. The minimum atomic E-state index is -1.04. The zero-order valence-electron chi connectivity index (χ0n) is 14.7. The second-order valence-electron chi connectivity index (χ2n) is 6.83. The van der Waals surface area contributed by atoms with Crippen LogP contribution in [0.1, 0.15) is 32.7 Å². The van der Waals surface area contributed by atoms with Crippen molar-refractivity contribution >= 4 is 23.6 Å². The Morgan fingerprint density at radius 2 is 2.19 bits per heavy atom. The van der Waals surface area contributed by atoms with Gasteiger partial charge in [-0.25, -0.2) is 4.79 Å². The van der Waals surface area contributed by atoms with E-state index in [4.69, 9.17) is 20.9 Å². The third kappa shape index (κ3) is 3.96. The maximum Gasteiger partial charge on any atom is 0.411 e. The van der Waals surface area contributed by atoms with Crippen LogP contribution in [0.4, 0.5) is 4.79 Å². The van der Waals surface area contributed by atoms with Crippen molar-refractivity contribution in [3.05, 3.63) is 35.2 Å². The number of rotatable bonds is 2.